The molecule has 128 valence electrons. The fraction of sp³-hybridized carbons (Fsp3) is 0.471. The number of allylic oxidation sites excluding steroid dienone is 2. The van der Waals surface area contributed by atoms with Gasteiger partial charge in [0.15, 0.2) is 0 Å². The number of fused-ring (bicyclic) bond motifs is 1. The van der Waals surface area contributed by atoms with E-state index in [1.165, 1.54) is 18.4 Å². The average molecular weight is 349 g/mol. The van der Waals surface area contributed by atoms with Crippen molar-refractivity contribution >= 4 is 34.2 Å². The standard InChI is InChI=1S/C17H19NO5S/c1-23-17(22)13-11-7-4-8-12(11)24-15(13)18-14(19)9-5-2-3-6-10(9)16(20)21/h2-3,9-10H,4-8H2,1H3,(H,18,19)(H,20,21)/t9-,10-/m0/s1. The van der Waals surface area contributed by atoms with Crippen LogP contribution in [0.25, 0.3) is 0 Å². The Balaban J connectivity index is 1.86. The summed E-state index contributed by atoms with van der Waals surface area (Å²) in [7, 11) is 1.32. The molecule has 3 rings (SSSR count). The molecule has 0 saturated heterocycles. The average Bonchev–Trinajstić information content (AvgIpc) is 3.14. The van der Waals surface area contributed by atoms with Crippen molar-refractivity contribution < 1.29 is 24.2 Å². The first-order chi connectivity index (χ1) is 11.5. The normalized spacial score (nSPS) is 22.0. The van der Waals surface area contributed by atoms with Gasteiger partial charge in [-0.2, -0.15) is 0 Å². The van der Waals surface area contributed by atoms with E-state index in [0.29, 0.717) is 23.4 Å². The molecule has 24 heavy (non-hydrogen) atoms. The van der Waals surface area contributed by atoms with E-state index in [-0.39, 0.29) is 5.91 Å². The molecule has 0 spiro atoms. The molecule has 0 unspecified atom stereocenters. The number of ether oxygens (including phenoxy) is 1. The zero-order valence-corrected chi connectivity index (χ0v) is 14.1. The lowest BCUT2D eigenvalue weighted by atomic mass is 9.82. The Morgan fingerprint density at radius 3 is 2.58 bits per heavy atom. The first kappa shape index (κ1) is 16.7. The molecule has 2 N–H and O–H groups in total. The molecule has 7 heteroatoms. The zero-order chi connectivity index (χ0) is 17.3. The fourth-order valence-corrected chi connectivity index (χ4v) is 4.67. The summed E-state index contributed by atoms with van der Waals surface area (Å²) in [4.78, 5) is 37.2. The summed E-state index contributed by atoms with van der Waals surface area (Å²) in [5, 5.41) is 12.6. The van der Waals surface area contributed by atoms with Crippen molar-refractivity contribution in [3.63, 3.8) is 0 Å². The van der Waals surface area contributed by atoms with Gasteiger partial charge in [-0.3, -0.25) is 9.59 Å². The van der Waals surface area contributed by atoms with Gasteiger partial charge < -0.3 is 15.2 Å². The van der Waals surface area contributed by atoms with Gasteiger partial charge in [0.2, 0.25) is 5.91 Å². The molecule has 0 bridgehead atoms. The molecule has 1 aromatic rings. The zero-order valence-electron chi connectivity index (χ0n) is 13.3. The van der Waals surface area contributed by atoms with Crippen LogP contribution in [0.4, 0.5) is 5.00 Å². The lowest BCUT2D eigenvalue weighted by molar-refractivity contribution is -0.146. The first-order valence-electron chi connectivity index (χ1n) is 7.94. The highest BCUT2D eigenvalue weighted by Gasteiger charge is 2.35. The number of aliphatic carboxylic acids is 1. The predicted molar refractivity (Wildman–Crippen MR) is 89.3 cm³/mol. The summed E-state index contributed by atoms with van der Waals surface area (Å²) in [6.45, 7) is 0. The lowest BCUT2D eigenvalue weighted by Gasteiger charge is -2.24. The van der Waals surface area contributed by atoms with Gasteiger partial charge in [-0.05, 0) is 37.7 Å². The molecule has 1 aromatic heterocycles. The number of carbonyl (C=O) groups excluding carboxylic acids is 2. The third-order valence-corrected chi connectivity index (χ3v) is 5.84. The maximum absolute atomic E-state index is 12.6. The van der Waals surface area contributed by atoms with Crippen molar-refractivity contribution in [3.8, 4) is 0 Å². The van der Waals surface area contributed by atoms with Crippen LogP contribution in [0, 0.1) is 11.8 Å². The van der Waals surface area contributed by atoms with Crippen molar-refractivity contribution in [2.24, 2.45) is 11.8 Å². The summed E-state index contributed by atoms with van der Waals surface area (Å²) in [5.41, 5.74) is 1.39. The lowest BCUT2D eigenvalue weighted by Crippen LogP contribution is -2.34. The van der Waals surface area contributed by atoms with Crippen LogP contribution >= 0.6 is 11.3 Å². The summed E-state index contributed by atoms with van der Waals surface area (Å²) in [6, 6.07) is 0. The largest absolute Gasteiger partial charge is 0.481 e. The van der Waals surface area contributed by atoms with Crippen molar-refractivity contribution in [2.75, 3.05) is 12.4 Å². The topological polar surface area (TPSA) is 92.7 Å². The van der Waals surface area contributed by atoms with Gasteiger partial charge >= 0.3 is 11.9 Å². The third kappa shape index (κ3) is 2.96. The summed E-state index contributed by atoms with van der Waals surface area (Å²) >= 11 is 1.40. The number of aryl methyl sites for hydroxylation is 1. The minimum Gasteiger partial charge on any atom is -0.481 e. The SMILES string of the molecule is COC(=O)c1c(NC(=O)[C@H]2CC=CC[C@@H]2C(=O)O)sc2c1CCC2. The minimum atomic E-state index is -0.971. The number of esters is 1. The molecule has 0 radical (unpaired) electrons. The highest BCUT2D eigenvalue weighted by molar-refractivity contribution is 7.17. The first-order valence-corrected chi connectivity index (χ1v) is 8.76. The van der Waals surface area contributed by atoms with Gasteiger partial charge in [-0.1, -0.05) is 12.2 Å². The van der Waals surface area contributed by atoms with Gasteiger partial charge in [-0.15, -0.1) is 11.3 Å². The quantitative estimate of drug-likeness (QED) is 0.644. The van der Waals surface area contributed by atoms with E-state index < -0.39 is 23.8 Å². The Hall–Kier alpha value is -2.15. The van der Waals surface area contributed by atoms with Crippen LogP contribution in [0.3, 0.4) is 0 Å². The Labute approximate surface area is 143 Å². The van der Waals surface area contributed by atoms with Crippen molar-refractivity contribution in [1.82, 2.24) is 0 Å². The number of hydrogen-bond donors (Lipinski definition) is 2. The maximum Gasteiger partial charge on any atom is 0.341 e. The highest BCUT2D eigenvalue weighted by atomic mass is 32.1. The van der Waals surface area contributed by atoms with Crippen LogP contribution < -0.4 is 5.32 Å². The summed E-state index contributed by atoms with van der Waals surface area (Å²) in [5.74, 6) is -3.14. The summed E-state index contributed by atoms with van der Waals surface area (Å²) in [6.07, 6.45) is 7.05. The Bertz CT molecular complexity index is 721. The number of nitrogens with one attached hydrogen (secondary N) is 1. The molecule has 2 aliphatic carbocycles. The molecule has 0 aromatic carbocycles. The molecular weight excluding hydrogens is 330 g/mol. The number of anilines is 1. The second-order valence-corrected chi connectivity index (χ2v) is 7.14. The Morgan fingerprint density at radius 1 is 1.21 bits per heavy atom. The Kier molecular flexibility index (Phi) is 4.71. The van der Waals surface area contributed by atoms with Crippen molar-refractivity contribution in [3.05, 3.63) is 28.2 Å². The fourth-order valence-electron chi connectivity index (χ4n) is 3.39. The Morgan fingerprint density at radius 2 is 1.92 bits per heavy atom. The molecule has 0 aliphatic heterocycles. The van der Waals surface area contributed by atoms with Crippen LogP contribution in [0.2, 0.25) is 0 Å². The van der Waals surface area contributed by atoms with Crippen LogP contribution in [-0.4, -0.2) is 30.1 Å². The van der Waals surface area contributed by atoms with E-state index in [9.17, 15) is 19.5 Å². The second kappa shape index (κ2) is 6.76. The maximum atomic E-state index is 12.6. The predicted octanol–water partition coefficient (Wildman–Crippen LogP) is 2.63. The highest BCUT2D eigenvalue weighted by Crippen LogP contribution is 2.40. The van der Waals surface area contributed by atoms with Crippen LogP contribution in [0.1, 0.15) is 40.1 Å². The monoisotopic (exact) mass is 349 g/mol. The van der Waals surface area contributed by atoms with Crippen LogP contribution in [0.15, 0.2) is 12.2 Å². The van der Waals surface area contributed by atoms with Crippen LogP contribution in [0.5, 0.6) is 0 Å². The van der Waals surface area contributed by atoms with Crippen molar-refractivity contribution in [2.45, 2.75) is 32.1 Å². The number of amides is 1. The van der Waals surface area contributed by atoms with Gasteiger partial charge in [0, 0.05) is 4.88 Å². The molecule has 2 aliphatic rings. The molecule has 1 heterocycles. The molecular formula is C17H19NO5S. The smallest absolute Gasteiger partial charge is 0.341 e. The summed E-state index contributed by atoms with van der Waals surface area (Å²) < 4.78 is 4.86. The number of carboxylic acid groups (broad SMARTS) is 1. The molecule has 2 atom stereocenters. The van der Waals surface area contributed by atoms with Crippen LogP contribution in [-0.2, 0) is 27.2 Å². The van der Waals surface area contributed by atoms with Gasteiger partial charge in [0.05, 0.1) is 24.5 Å². The molecule has 0 fully saturated rings. The van der Waals surface area contributed by atoms with Gasteiger partial charge in [0.1, 0.15) is 5.00 Å². The molecule has 6 nitrogen and oxygen atoms in total. The van der Waals surface area contributed by atoms with E-state index in [4.69, 9.17) is 4.74 Å². The number of methoxy groups -OCH3 is 1. The third-order valence-electron chi connectivity index (χ3n) is 4.63. The van der Waals surface area contributed by atoms with Gasteiger partial charge in [-0.25, -0.2) is 4.79 Å². The minimum absolute atomic E-state index is 0.345. The molecule has 1 amide bonds. The number of hydrogen-bond acceptors (Lipinski definition) is 5. The number of carboxylic acids is 1. The number of thiophene rings is 1. The number of carbonyl (C=O) groups is 3. The van der Waals surface area contributed by atoms with Gasteiger partial charge in [0.25, 0.3) is 0 Å². The second-order valence-electron chi connectivity index (χ2n) is 6.04. The van der Waals surface area contributed by atoms with E-state index in [1.807, 2.05) is 6.08 Å². The van der Waals surface area contributed by atoms with E-state index in [0.717, 1.165) is 29.7 Å². The van der Waals surface area contributed by atoms with E-state index in [2.05, 4.69) is 5.32 Å². The van der Waals surface area contributed by atoms with E-state index >= 15 is 0 Å². The van der Waals surface area contributed by atoms with E-state index in [1.54, 1.807) is 6.08 Å². The molecule has 0 saturated carbocycles. The number of rotatable bonds is 4. The van der Waals surface area contributed by atoms with Crippen molar-refractivity contribution in [1.29, 1.82) is 0 Å².